The molecule has 0 aliphatic carbocycles. The first kappa shape index (κ1) is 22.4. The van der Waals surface area contributed by atoms with E-state index in [1.807, 2.05) is 6.92 Å². The van der Waals surface area contributed by atoms with Crippen molar-refractivity contribution in [2.24, 2.45) is 0 Å². The SMILES string of the molecule is Cc1ccc(/C(O)=C2\C(=O)C(=O)N(c3cccc(C(=O)O)c3)C2c2ccc([N+](=O)[O-])cc2)cc1. The summed E-state index contributed by atoms with van der Waals surface area (Å²) in [7, 11) is 0. The zero-order valence-corrected chi connectivity index (χ0v) is 17.8. The molecule has 0 aromatic heterocycles. The Kier molecular flexibility index (Phi) is 5.68. The smallest absolute Gasteiger partial charge is 0.335 e. The van der Waals surface area contributed by atoms with Gasteiger partial charge < -0.3 is 10.2 Å². The van der Waals surface area contributed by atoms with E-state index in [4.69, 9.17) is 0 Å². The first-order valence-corrected chi connectivity index (χ1v) is 10.1. The summed E-state index contributed by atoms with van der Waals surface area (Å²) in [5.74, 6) is -3.54. The number of carbonyl (C=O) groups excluding carboxylic acids is 2. The lowest BCUT2D eigenvalue weighted by Gasteiger charge is -2.25. The molecule has 1 atom stereocenters. The van der Waals surface area contributed by atoms with Crippen molar-refractivity contribution in [3.63, 3.8) is 0 Å². The molecular weight excluding hydrogens is 440 g/mol. The predicted molar refractivity (Wildman–Crippen MR) is 122 cm³/mol. The van der Waals surface area contributed by atoms with Gasteiger partial charge in [-0.25, -0.2) is 4.79 Å². The lowest BCUT2D eigenvalue weighted by atomic mass is 9.94. The fraction of sp³-hybridized carbons (Fsp3) is 0.0800. The second-order valence-corrected chi connectivity index (χ2v) is 7.74. The van der Waals surface area contributed by atoms with Gasteiger partial charge in [-0.15, -0.1) is 0 Å². The number of hydrogen-bond acceptors (Lipinski definition) is 6. The minimum absolute atomic E-state index is 0.0969. The van der Waals surface area contributed by atoms with Gasteiger partial charge in [0.25, 0.3) is 17.4 Å². The second kappa shape index (κ2) is 8.62. The average molecular weight is 458 g/mol. The molecule has 1 aliphatic rings. The molecule has 0 spiro atoms. The number of hydrogen-bond donors (Lipinski definition) is 2. The van der Waals surface area contributed by atoms with Crippen LogP contribution in [0.25, 0.3) is 5.76 Å². The highest BCUT2D eigenvalue weighted by atomic mass is 16.6. The number of Topliss-reactive ketones (excluding diaryl/α,β-unsaturated/α-hetero) is 1. The maximum absolute atomic E-state index is 13.1. The van der Waals surface area contributed by atoms with Crippen LogP contribution in [-0.2, 0) is 9.59 Å². The topological polar surface area (TPSA) is 138 Å². The van der Waals surface area contributed by atoms with Crippen LogP contribution in [0.1, 0.15) is 33.1 Å². The standard InChI is InChI=1S/C25H18N2O7/c1-14-5-7-16(8-6-14)22(28)20-21(15-9-11-18(12-10-15)27(33)34)26(24(30)23(20)29)19-4-2-3-17(13-19)25(31)32/h2-13,21,28H,1H3,(H,31,32)/b22-20+. The summed E-state index contributed by atoms with van der Waals surface area (Å²) in [6.45, 7) is 1.86. The largest absolute Gasteiger partial charge is 0.507 e. The summed E-state index contributed by atoms with van der Waals surface area (Å²) in [6, 6.07) is 16.3. The van der Waals surface area contributed by atoms with E-state index in [1.54, 1.807) is 24.3 Å². The van der Waals surface area contributed by atoms with E-state index in [0.717, 1.165) is 10.5 Å². The number of aromatic carboxylic acids is 1. The molecule has 9 nitrogen and oxygen atoms in total. The van der Waals surface area contributed by atoms with Crippen LogP contribution in [0, 0.1) is 17.0 Å². The molecule has 34 heavy (non-hydrogen) atoms. The highest BCUT2D eigenvalue weighted by molar-refractivity contribution is 6.51. The number of aliphatic hydroxyl groups excluding tert-OH is 1. The molecule has 1 heterocycles. The van der Waals surface area contributed by atoms with Gasteiger partial charge in [-0.3, -0.25) is 24.6 Å². The van der Waals surface area contributed by atoms with Crippen molar-refractivity contribution in [2.75, 3.05) is 4.90 Å². The fourth-order valence-electron chi connectivity index (χ4n) is 3.85. The van der Waals surface area contributed by atoms with Crippen LogP contribution in [0.4, 0.5) is 11.4 Å². The van der Waals surface area contributed by atoms with Gasteiger partial charge in [-0.1, -0.05) is 35.9 Å². The first-order valence-electron chi connectivity index (χ1n) is 10.1. The summed E-state index contributed by atoms with van der Waals surface area (Å²) in [5.41, 5.74) is 1.22. The number of benzene rings is 3. The van der Waals surface area contributed by atoms with Crippen LogP contribution in [0.15, 0.2) is 78.4 Å². The van der Waals surface area contributed by atoms with Crippen LogP contribution in [0.2, 0.25) is 0 Å². The third-order valence-electron chi connectivity index (χ3n) is 5.56. The molecule has 0 radical (unpaired) electrons. The van der Waals surface area contributed by atoms with Crippen LogP contribution in [0.3, 0.4) is 0 Å². The molecule has 2 N–H and O–H groups in total. The van der Waals surface area contributed by atoms with E-state index in [0.29, 0.717) is 11.1 Å². The van der Waals surface area contributed by atoms with Gasteiger partial charge in [0.15, 0.2) is 0 Å². The summed E-state index contributed by atoms with van der Waals surface area (Å²) in [6.07, 6.45) is 0. The number of non-ortho nitro benzene ring substituents is 1. The van der Waals surface area contributed by atoms with Crippen molar-refractivity contribution in [1.29, 1.82) is 0 Å². The predicted octanol–water partition coefficient (Wildman–Crippen LogP) is 4.23. The van der Waals surface area contributed by atoms with E-state index in [1.165, 1.54) is 48.5 Å². The quantitative estimate of drug-likeness (QED) is 0.192. The number of rotatable bonds is 5. The van der Waals surface area contributed by atoms with E-state index in [9.17, 15) is 34.7 Å². The van der Waals surface area contributed by atoms with Crippen molar-refractivity contribution in [3.8, 4) is 0 Å². The number of carbonyl (C=O) groups is 3. The molecule has 3 aromatic carbocycles. The molecule has 1 aliphatic heterocycles. The first-order chi connectivity index (χ1) is 16.2. The summed E-state index contributed by atoms with van der Waals surface area (Å²) in [5, 5.41) is 31.5. The highest BCUT2D eigenvalue weighted by Crippen LogP contribution is 2.42. The van der Waals surface area contributed by atoms with Crippen LogP contribution >= 0.6 is 0 Å². The van der Waals surface area contributed by atoms with Crippen molar-refractivity contribution in [1.82, 2.24) is 0 Å². The number of nitro groups is 1. The van der Waals surface area contributed by atoms with E-state index < -0.39 is 34.4 Å². The van der Waals surface area contributed by atoms with Crippen LogP contribution < -0.4 is 4.90 Å². The van der Waals surface area contributed by atoms with Gasteiger partial charge in [0.2, 0.25) is 0 Å². The fourth-order valence-corrected chi connectivity index (χ4v) is 3.85. The number of nitro benzene ring substituents is 1. The van der Waals surface area contributed by atoms with Crippen molar-refractivity contribution >= 4 is 34.8 Å². The number of anilines is 1. The molecule has 1 unspecified atom stereocenters. The normalized spacial score (nSPS) is 17.1. The number of amides is 1. The minimum Gasteiger partial charge on any atom is -0.507 e. The lowest BCUT2D eigenvalue weighted by molar-refractivity contribution is -0.384. The molecule has 170 valence electrons. The molecule has 4 rings (SSSR count). The average Bonchev–Trinajstić information content (AvgIpc) is 3.09. The Morgan fingerprint density at radius 2 is 1.59 bits per heavy atom. The molecule has 0 bridgehead atoms. The molecule has 0 saturated carbocycles. The van der Waals surface area contributed by atoms with Crippen molar-refractivity contribution in [3.05, 3.63) is 111 Å². The van der Waals surface area contributed by atoms with Crippen molar-refractivity contribution in [2.45, 2.75) is 13.0 Å². The van der Waals surface area contributed by atoms with Gasteiger partial charge in [-0.2, -0.15) is 0 Å². The number of aliphatic hydroxyl groups is 1. The summed E-state index contributed by atoms with van der Waals surface area (Å²) in [4.78, 5) is 49.3. The Morgan fingerprint density at radius 1 is 0.941 bits per heavy atom. The Balaban J connectivity index is 1.94. The zero-order valence-electron chi connectivity index (χ0n) is 17.8. The number of nitrogens with zero attached hydrogens (tertiary/aromatic N) is 2. The summed E-state index contributed by atoms with van der Waals surface area (Å²) >= 11 is 0. The molecule has 3 aromatic rings. The lowest BCUT2D eigenvalue weighted by Crippen LogP contribution is -2.29. The number of carboxylic acids is 1. The Morgan fingerprint density at radius 3 is 2.18 bits per heavy atom. The van der Waals surface area contributed by atoms with E-state index >= 15 is 0 Å². The molecule has 9 heteroatoms. The molecule has 1 fully saturated rings. The molecule has 1 saturated heterocycles. The third-order valence-corrected chi connectivity index (χ3v) is 5.56. The Bertz CT molecular complexity index is 1360. The number of ketones is 1. The summed E-state index contributed by atoms with van der Waals surface area (Å²) < 4.78 is 0. The van der Waals surface area contributed by atoms with Gasteiger partial charge in [0.1, 0.15) is 5.76 Å². The Labute approximate surface area is 193 Å². The maximum Gasteiger partial charge on any atom is 0.335 e. The monoisotopic (exact) mass is 458 g/mol. The molecule has 1 amide bonds. The third kappa shape index (κ3) is 3.90. The molecular formula is C25H18N2O7. The zero-order chi connectivity index (χ0) is 24.6. The Hall–Kier alpha value is -4.79. The van der Waals surface area contributed by atoms with E-state index in [2.05, 4.69) is 0 Å². The van der Waals surface area contributed by atoms with E-state index in [-0.39, 0.29) is 22.5 Å². The minimum atomic E-state index is -1.22. The van der Waals surface area contributed by atoms with Crippen LogP contribution in [-0.4, -0.2) is 32.8 Å². The number of aryl methyl sites for hydroxylation is 1. The van der Waals surface area contributed by atoms with Gasteiger partial charge in [0.05, 0.1) is 22.1 Å². The maximum atomic E-state index is 13.1. The van der Waals surface area contributed by atoms with Gasteiger partial charge in [-0.05, 0) is 42.8 Å². The highest BCUT2D eigenvalue weighted by Gasteiger charge is 2.47. The van der Waals surface area contributed by atoms with Gasteiger partial charge >= 0.3 is 5.97 Å². The number of carboxylic acid groups (broad SMARTS) is 1. The van der Waals surface area contributed by atoms with Crippen LogP contribution in [0.5, 0.6) is 0 Å². The van der Waals surface area contributed by atoms with Crippen molar-refractivity contribution < 1.29 is 29.5 Å². The van der Waals surface area contributed by atoms with Gasteiger partial charge in [0, 0.05) is 23.4 Å². The second-order valence-electron chi connectivity index (χ2n) is 7.74.